The highest BCUT2D eigenvalue weighted by atomic mass is 32.1. The number of likely N-dealkylation sites (N-methyl/N-ethyl adjacent to an activating group) is 1. The van der Waals surface area contributed by atoms with Crippen LogP contribution < -0.4 is 16.5 Å². The lowest BCUT2D eigenvalue weighted by atomic mass is 10.1. The zero-order valence-corrected chi connectivity index (χ0v) is 17.2. The SMILES string of the molecule is CCN(CC)CCn1[nH]c2c3c(=O)cccc3sc3c(NCCN)ccc1c32. The van der Waals surface area contributed by atoms with Gasteiger partial charge in [-0.1, -0.05) is 19.9 Å². The van der Waals surface area contributed by atoms with Gasteiger partial charge in [-0.2, -0.15) is 0 Å². The maximum Gasteiger partial charge on any atom is 0.189 e. The van der Waals surface area contributed by atoms with Crippen molar-refractivity contribution in [2.24, 2.45) is 5.73 Å². The Bertz CT molecular complexity index is 1170. The molecule has 6 nitrogen and oxygen atoms in total. The summed E-state index contributed by atoms with van der Waals surface area (Å²) in [4.78, 5) is 15.1. The second-order valence-corrected chi connectivity index (χ2v) is 8.00. The number of fused-ring (bicyclic) bond motifs is 2. The Morgan fingerprint density at radius 3 is 2.75 bits per heavy atom. The number of aromatic nitrogens is 2. The summed E-state index contributed by atoms with van der Waals surface area (Å²) in [7, 11) is 0. The molecule has 4 N–H and O–H groups in total. The largest absolute Gasteiger partial charge is 0.383 e. The van der Waals surface area contributed by atoms with E-state index >= 15 is 0 Å². The van der Waals surface area contributed by atoms with Crippen molar-refractivity contribution >= 4 is 48.2 Å². The molecular formula is C21H27N5OS. The number of anilines is 1. The highest BCUT2D eigenvalue weighted by Crippen LogP contribution is 2.39. The average molecular weight is 398 g/mol. The second-order valence-electron chi connectivity index (χ2n) is 6.95. The molecule has 0 saturated heterocycles. The number of H-pyrrole nitrogens is 1. The molecule has 0 bridgehead atoms. The first-order chi connectivity index (χ1) is 13.7. The highest BCUT2D eigenvalue weighted by molar-refractivity contribution is 7.25. The van der Waals surface area contributed by atoms with Gasteiger partial charge in [0.2, 0.25) is 0 Å². The Morgan fingerprint density at radius 1 is 1.18 bits per heavy atom. The molecule has 2 aromatic carbocycles. The molecule has 0 aliphatic rings. The van der Waals surface area contributed by atoms with Crippen molar-refractivity contribution in [3.63, 3.8) is 0 Å². The monoisotopic (exact) mass is 397 g/mol. The lowest BCUT2D eigenvalue weighted by molar-refractivity contribution is 0.287. The number of nitrogens with one attached hydrogen (secondary N) is 2. The molecule has 4 rings (SSSR count). The third-order valence-electron chi connectivity index (χ3n) is 5.37. The summed E-state index contributed by atoms with van der Waals surface area (Å²) in [6.45, 7) is 9.55. The molecule has 0 spiro atoms. The molecular weight excluding hydrogens is 370 g/mol. The quantitative estimate of drug-likeness (QED) is 0.398. The van der Waals surface area contributed by atoms with Gasteiger partial charge in [-0.3, -0.25) is 14.6 Å². The van der Waals surface area contributed by atoms with Gasteiger partial charge in [-0.25, -0.2) is 0 Å². The average Bonchev–Trinajstić information content (AvgIpc) is 3.08. The molecule has 2 aromatic heterocycles. The first-order valence-electron chi connectivity index (χ1n) is 9.91. The van der Waals surface area contributed by atoms with Gasteiger partial charge in [0.05, 0.1) is 33.4 Å². The molecule has 0 fully saturated rings. The molecule has 2 heterocycles. The molecule has 0 saturated carbocycles. The fraction of sp³-hybridized carbons (Fsp3) is 0.381. The van der Waals surface area contributed by atoms with Gasteiger partial charge in [-0.05, 0) is 37.4 Å². The molecule has 28 heavy (non-hydrogen) atoms. The number of hydrogen-bond donors (Lipinski definition) is 3. The van der Waals surface area contributed by atoms with Crippen LogP contribution in [0.3, 0.4) is 0 Å². The van der Waals surface area contributed by atoms with Crippen LogP contribution in [0.1, 0.15) is 13.8 Å². The van der Waals surface area contributed by atoms with E-state index in [0.29, 0.717) is 6.54 Å². The summed E-state index contributed by atoms with van der Waals surface area (Å²) in [5.41, 5.74) is 8.90. The summed E-state index contributed by atoms with van der Waals surface area (Å²) >= 11 is 1.67. The second kappa shape index (κ2) is 7.95. The minimum absolute atomic E-state index is 0.0648. The fourth-order valence-electron chi connectivity index (χ4n) is 3.83. The molecule has 0 radical (unpaired) electrons. The lowest BCUT2D eigenvalue weighted by Crippen LogP contribution is -2.27. The van der Waals surface area contributed by atoms with Gasteiger partial charge in [0.15, 0.2) is 5.43 Å². The van der Waals surface area contributed by atoms with Crippen molar-refractivity contribution < 1.29 is 0 Å². The molecule has 0 aliphatic heterocycles. The Morgan fingerprint density at radius 2 is 2.00 bits per heavy atom. The molecule has 148 valence electrons. The van der Waals surface area contributed by atoms with Crippen molar-refractivity contribution in [2.45, 2.75) is 20.4 Å². The van der Waals surface area contributed by atoms with Gasteiger partial charge < -0.3 is 16.0 Å². The first-order valence-corrected chi connectivity index (χ1v) is 10.7. The summed E-state index contributed by atoms with van der Waals surface area (Å²) in [6, 6.07) is 9.77. The van der Waals surface area contributed by atoms with Crippen molar-refractivity contribution in [3.8, 4) is 0 Å². The van der Waals surface area contributed by atoms with Crippen LogP contribution >= 0.6 is 11.3 Å². The summed E-state index contributed by atoms with van der Waals surface area (Å²) in [5.74, 6) is 0. The minimum Gasteiger partial charge on any atom is -0.383 e. The zero-order valence-electron chi connectivity index (χ0n) is 16.4. The van der Waals surface area contributed by atoms with Crippen LogP contribution in [0, 0.1) is 0 Å². The third-order valence-corrected chi connectivity index (χ3v) is 6.56. The number of hydrogen-bond acceptors (Lipinski definition) is 5. The molecule has 0 amide bonds. The Kier molecular flexibility index (Phi) is 5.39. The number of aromatic amines is 1. The van der Waals surface area contributed by atoms with Crippen LogP contribution in [0.5, 0.6) is 0 Å². The molecule has 0 unspecified atom stereocenters. The third kappa shape index (κ3) is 3.19. The summed E-state index contributed by atoms with van der Waals surface area (Å²) < 4.78 is 4.35. The first kappa shape index (κ1) is 19.0. The van der Waals surface area contributed by atoms with E-state index in [1.807, 2.05) is 12.1 Å². The predicted molar refractivity (Wildman–Crippen MR) is 121 cm³/mol. The van der Waals surface area contributed by atoms with Gasteiger partial charge in [0, 0.05) is 29.7 Å². The molecule has 4 aromatic rings. The fourth-order valence-corrected chi connectivity index (χ4v) is 5.06. The van der Waals surface area contributed by atoms with E-state index < -0.39 is 0 Å². The zero-order chi connectivity index (χ0) is 19.7. The van der Waals surface area contributed by atoms with Crippen LogP contribution in [-0.4, -0.2) is 47.4 Å². The Labute approximate surface area is 167 Å². The molecule has 0 atom stereocenters. The number of benzene rings is 2. The Hall–Kier alpha value is -2.35. The van der Waals surface area contributed by atoms with Crippen molar-refractivity contribution in [3.05, 3.63) is 40.6 Å². The minimum atomic E-state index is 0.0648. The maximum atomic E-state index is 12.7. The Balaban J connectivity index is 1.95. The van der Waals surface area contributed by atoms with Crippen LogP contribution in [-0.2, 0) is 6.54 Å². The molecule has 7 heteroatoms. The van der Waals surface area contributed by atoms with Crippen molar-refractivity contribution in [1.82, 2.24) is 14.7 Å². The van der Waals surface area contributed by atoms with Crippen LogP contribution in [0.4, 0.5) is 5.69 Å². The van der Waals surface area contributed by atoms with E-state index in [0.717, 1.165) is 69.6 Å². The maximum absolute atomic E-state index is 12.7. The van der Waals surface area contributed by atoms with Gasteiger partial charge in [-0.15, -0.1) is 11.3 Å². The number of rotatable bonds is 8. The van der Waals surface area contributed by atoms with Crippen LogP contribution in [0.25, 0.3) is 31.2 Å². The van der Waals surface area contributed by atoms with E-state index in [-0.39, 0.29) is 5.43 Å². The van der Waals surface area contributed by atoms with Crippen LogP contribution in [0.2, 0.25) is 0 Å². The van der Waals surface area contributed by atoms with E-state index in [1.54, 1.807) is 17.4 Å². The van der Waals surface area contributed by atoms with Crippen LogP contribution in [0.15, 0.2) is 35.1 Å². The van der Waals surface area contributed by atoms with E-state index in [9.17, 15) is 4.79 Å². The summed E-state index contributed by atoms with van der Waals surface area (Å²) in [5, 5.41) is 8.88. The van der Waals surface area contributed by atoms with Crippen molar-refractivity contribution in [1.29, 1.82) is 0 Å². The smallest absolute Gasteiger partial charge is 0.189 e. The van der Waals surface area contributed by atoms with Gasteiger partial charge in [0.25, 0.3) is 0 Å². The topological polar surface area (TPSA) is 79.1 Å². The van der Waals surface area contributed by atoms with E-state index in [2.05, 4.69) is 46.0 Å². The highest BCUT2D eigenvalue weighted by Gasteiger charge is 2.17. The molecule has 0 aliphatic carbocycles. The van der Waals surface area contributed by atoms with Gasteiger partial charge >= 0.3 is 0 Å². The normalized spacial score (nSPS) is 12.0. The number of nitrogens with two attached hydrogens (primary N) is 1. The summed E-state index contributed by atoms with van der Waals surface area (Å²) in [6.07, 6.45) is 0. The van der Waals surface area contributed by atoms with E-state index in [4.69, 9.17) is 5.73 Å². The van der Waals surface area contributed by atoms with Gasteiger partial charge in [0.1, 0.15) is 0 Å². The van der Waals surface area contributed by atoms with E-state index in [1.165, 1.54) is 0 Å². The number of nitrogens with zero attached hydrogens (tertiary/aromatic N) is 2. The predicted octanol–water partition coefficient (Wildman–Crippen LogP) is 3.41. The standard InChI is InChI=1S/C21H27N5OS/c1-3-25(4-2)12-13-26-15-9-8-14(23-11-10-22)21-18(15)20(24-26)19-16(27)6-5-7-17(19)28-21/h5-9,23-24H,3-4,10-13,22H2,1-2H3. The lowest BCUT2D eigenvalue weighted by Gasteiger charge is -2.18. The van der Waals surface area contributed by atoms with Crippen molar-refractivity contribution in [2.75, 3.05) is 38.0 Å².